The van der Waals surface area contributed by atoms with Gasteiger partial charge in [0.25, 0.3) is 12.0 Å². The molecule has 84 valence electrons. The van der Waals surface area contributed by atoms with Gasteiger partial charge in [0.2, 0.25) is 0 Å². The average molecular weight is 288 g/mol. The summed E-state index contributed by atoms with van der Waals surface area (Å²) in [6.45, 7) is 0.338. The van der Waals surface area contributed by atoms with E-state index in [0.29, 0.717) is 12.1 Å². The lowest BCUT2D eigenvalue weighted by Gasteiger charge is -2.11. The highest BCUT2D eigenvalue weighted by atomic mass is 79.9. The van der Waals surface area contributed by atoms with Crippen LogP contribution in [0.5, 0.6) is 0 Å². The minimum absolute atomic E-state index is 0.0481. The van der Waals surface area contributed by atoms with E-state index in [1.54, 1.807) is 12.1 Å². The first-order valence-electron chi connectivity index (χ1n) is 4.67. The summed E-state index contributed by atoms with van der Waals surface area (Å²) in [6, 6.07) is 5.31. The summed E-state index contributed by atoms with van der Waals surface area (Å²) >= 11 is 3.31. The first-order valence-corrected chi connectivity index (χ1v) is 5.46. The number of rotatable bonds is 2. The van der Waals surface area contributed by atoms with Crippen LogP contribution >= 0.6 is 15.9 Å². The largest absolute Gasteiger partial charge is 0.330 e. The van der Waals surface area contributed by atoms with E-state index in [2.05, 4.69) is 15.9 Å². The standard InChI is InChI=1S/C11H8BrF2NO/c12-8-1-2-9-7(5-8)6-15(11(9)16)4-3-10(13)14/h1-3,5H,4,6H2. The van der Waals surface area contributed by atoms with Crippen molar-refractivity contribution in [1.82, 2.24) is 4.90 Å². The Kier molecular flexibility index (Phi) is 3.05. The van der Waals surface area contributed by atoms with Gasteiger partial charge in [-0.2, -0.15) is 8.78 Å². The summed E-state index contributed by atoms with van der Waals surface area (Å²) in [5.74, 6) is -0.194. The van der Waals surface area contributed by atoms with Crippen LogP contribution in [0.3, 0.4) is 0 Å². The smallest absolute Gasteiger partial charge is 0.268 e. The molecule has 0 fully saturated rings. The number of benzene rings is 1. The van der Waals surface area contributed by atoms with Gasteiger partial charge < -0.3 is 4.90 Å². The Morgan fingerprint density at radius 1 is 1.50 bits per heavy atom. The van der Waals surface area contributed by atoms with Crippen LogP contribution < -0.4 is 0 Å². The van der Waals surface area contributed by atoms with Gasteiger partial charge in [-0.3, -0.25) is 4.79 Å². The normalized spacial score (nSPS) is 13.9. The summed E-state index contributed by atoms with van der Waals surface area (Å²) in [6.07, 6.45) is -1.01. The van der Waals surface area contributed by atoms with Gasteiger partial charge in [-0.05, 0) is 23.8 Å². The predicted molar refractivity (Wildman–Crippen MR) is 59.2 cm³/mol. The maximum atomic E-state index is 11.9. The summed E-state index contributed by atoms with van der Waals surface area (Å²) in [7, 11) is 0. The van der Waals surface area contributed by atoms with Gasteiger partial charge in [0.1, 0.15) is 0 Å². The molecule has 0 atom stereocenters. The number of hydrogen-bond donors (Lipinski definition) is 0. The Bertz CT molecular complexity index is 469. The van der Waals surface area contributed by atoms with Gasteiger partial charge in [0.15, 0.2) is 0 Å². The molecule has 0 bridgehead atoms. The SMILES string of the molecule is O=C1c2ccc(Br)cc2CN1CC=C(F)F. The minimum Gasteiger partial charge on any atom is -0.330 e. The first kappa shape index (κ1) is 11.3. The van der Waals surface area contributed by atoms with Crippen LogP contribution in [-0.4, -0.2) is 17.4 Å². The van der Waals surface area contributed by atoms with Crippen molar-refractivity contribution < 1.29 is 13.6 Å². The number of nitrogens with zero attached hydrogens (tertiary/aromatic N) is 1. The maximum Gasteiger partial charge on any atom is 0.268 e. The van der Waals surface area contributed by atoms with Crippen molar-refractivity contribution in [2.45, 2.75) is 6.54 Å². The van der Waals surface area contributed by atoms with Gasteiger partial charge in [-0.1, -0.05) is 15.9 Å². The van der Waals surface area contributed by atoms with E-state index in [4.69, 9.17) is 0 Å². The first-order chi connectivity index (χ1) is 7.58. The summed E-state index contributed by atoms with van der Waals surface area (Å²) in [4.78, 5) is 13.1. The molecule has 1 aliphatic rings. The number of carbonyl (C=O) groups excluding carboxylic acids is 1. The van der Waals surface area contributed by atoms with Crippen LogP contribution in [0.4, 0.5) is 8.78 Å². The third kappa shape index (κ3) is 2.14. The van der Waals surface area contributed by atoms with E-state index in [1.165, 1.54) is 4.90 Å². The Hall–Kier alpha value is -1.23. The van der Waals surface area contributed by atoms with Gasteiger partial charge in [-0.25, -0.2) is 0 Å². The molecule has 5 heteroatoms. The van der Waals surface area contributed by atoms with Crippen molar-refractivity contribution in [1.29, 1.82) is 0 Å². The molecule has 1 aliphatic heterocycles. The number of amides is 1. The van der Waals surface area contributed by atoms with Crippen molar-refractivity contribution >= 4 is 21.8 Å². The van der Waals surface area contributed by atoms with Crippen LogP contribution in [0.25, 0.3) is 0 Å². The highest BCUT2D eigenvalue weighted by Gasteiger charge is 2.26. The number of fused-ring (bicyclic) bond motifs is 1. The van der Waals surface area contributed by atoms with Crippen LogP contribution in [0.15, 0.2) is 34.8 Å². The molecular formula is C11H8BrF2NO. The van der Waals surface area contributed by atoms with Crippen LogP contribution in [0, 0.1) is 0 Å². The molecule has 0 saturated carbocycles. The Morgan fingerprint density at radius 2 is 2.25 bits per heavy atom. The molecule has 0 radical (unpaired) electrons. The van der Waals surface area contributed by atoms with Gasteiger partial charge in [0.05, 0.1) is 0 Å². The molecule has 2 rings (SSSR count). The van der Waals surface area contributed by atoms with Crippen molar-refractivity contribution in [2.24, 2.45) is 0 Å². The van der Waals surface area contributed by atoms with Gasteiger partial charge in [0, 0.05) is 29.2 Å². The molecule has 0 spiro atoms. The number of carbonyl (C=O) groups is 1. The van der Waals surface area contributed by atoms with Crippen molar-refractivity contribution in [3.63, 3.8) is 0 Å². The quantitative estimate of drug-likeness (QED) is 0.818. The monoisotopic (exact) mass is 287 g/mol. The topological polar surface area (TPSA) is 20.3 Å². The molecule has 0 saturated heterocycles. The predicted octanol–water partition coefficient (Wildman–Crippen LogP) is 3.19. The lowest BCUT2D eigenvalue weighted by Crippen LogP contribution is -2.23. The van der Waals surface area contributed by atoms with Crippen LogP contribution in [-0.2, 0) is 6.54 Å². The zero-order valence-corrected chi connectivity index (χ0v) is 9.80. The Labute approximate surface area is 99.7 Å². The van der Waals surface area contributed by atoms with Gasteiger partial charge in [-0.15, -0.1) is 0 Å². The molecule has 1 aromatic rings. The van der Waals surface area contributed by atoms with E-state index >= 15 is 0 Å². The molecule has 0 N–H and O–H groups in total. The fraction of sp³-hybridized carbons (Fsp3) is 0.182. The summed E-state index contributed by atoms with van der Waals surface area (Å²) in [5.41, 5.74) is 1.46. The van der Waals surface area contributed by atoms with Gasteiger partial charge >= 0.3 is 0 Å². The highest BCUT2D eigenvalue weighted by molar-refractivity contribution is 9.10. The zero-order valence-electron chi connectivity index (χ0n) is 8.21. The highest BCUT2D eigenvalue weighted by Crippen LogP contribution is 2.25. The van der Waals surface area contributed by atoms with E-state index in [0.717, 1.165) is 16.1 Å². The lowest BCUT2D eigenvalue weighted by atomic mass is 10.1. The third-order valence-electron chi connectivity index (χ3n) is 2.41. The molecule has 1 aromatic carbocycles. The second-order valence-electron chi connectivity index (χ2n) is 3.48. The van der Waals surface area contributed by atoms with E-state index < -0.39 is 6.08 Å². The summed E-state index contributed by atoms with van der Waals surface area (Å²) < 4.78 is 24.7. The average Bonchev–Trinajstić information content (AvgIpc) is 2.52. The van der Waals surface area contributed by atoms with Crippen LogP contribution in [0.1, 0.15) is 15.9 Å². The molecular weight excluding hydrogens is 280 g/mol. The van der Waals surface area contributed by atoms with E-state index in [-0.39, 0.29) is 12.5 Å². The third-order valence-corrected chi connectivity index (χ3v) is 2.91. The second-order valence-corrected chi connectivity index (χ2v) is 4.40. The Balaban J connectivity index is 2.21. The minimum atomic E-state index is -1.76. The number of hydrogen-bond acceptors (Lipinski definition) is 1. The summed E-state index contributed by atoms with van der Waals surface area (Å²) in [5, 5.41) is 0. The van der Waals surface area contributed by atoms with Crippen LogP contribution in [0.2, 0.25) is 0 Å². The number of halogens is 3. The maximum absolute atomic E-state index is 11.9. The molecule has 0 aromatic heterocycles. The lowest BCUT2D eigenvalue weighted by molar-refractivity contribution is 0.0795. The van der Waals surface area contributed by atoms with Crippen molar-refractivity contribution in [3.05, 3.63) is 46.0 Å². The molecule has 1 heterocycles. The molecule has 0 aliphatic carbocycles. The molecule has 16 heavy (non-hydrogen) atoms. The molecule has 2 nitrogen and oxygen atoms in total. The molecule has 1 amide bonds. The van der Waals surface area contributed by atoms with E-state index in [1.807, 2.05) is 6.07 Å². The second kappa shape index (κ2) is 4.33. The fourth-order valence-electron chi connectivity index (χ4n) is 1.68. The van der Waals surface area contributed by atoms with Crippen molar-refractivity contribution in [3.8, 4) is 0 Å². The zero-order chi connectivity index (χ0) is 11.7. The molecule has 0 unspecified atom stereocenters. The fourth-order valence-corrected chi connectivity index (χ4v) is 2.08. The van der Waals surface area contributed by atoms with E-state index in [9.17, 15) is 13.6 Å². The van der Waals surface area contributed by atoms with Crippen molar-refractivity contribution in [2.75, 3.05) is 6.54 Å². The Morgan fingerprint density at radius 3 is 2.94 bits per heavy atom.